The van der Waals surface area contributed by atoms with Crippen LogP contribution in [0.2, 0.25) is 0 Å². The number of aromatic amines is 1. The summed E-state index contributed by atoms with van der Waals surface area (Å²) in [6.07, 6.45) is 1.56. The number of nitrogens with one attached hydrogen (secondary N) is 1. The summed E-state index contributed by atoms with van der Waals surface area (Å²) in [7, 11) is 1.58. The molecule has 2 rings (SSSR count). The highest BCUT2D eigenvalue weighted by atomic mass is 16.5. The van der Waals surface area contributed by atoms with Gasteiger partial charge in [0.05, 0.1) is 7.11 Å². The van der Waals surface area contributed by atoms with Gasteiger partial charge in [-0.25, -0.2) is 4.98 Å². The van der Waals surface area contributed by atoms with E-state index in [2.05, 4.69) is 15.2 Å². The van der Waals surface area contributed by atoms with Crippen LogP contribution in [0.3, 0.4) is 0 Å². The van der Waals surface area contributed by atoms with E-state index in [-0.39, 0.29) is 18.0 Å². The molecule has 0 radical (unpaired) electrons. The molecule has 0 aliphatic rings. The van der Waals surface area contributed by atoms with E-state index in [9.17, 15) is 4.79 Å². The second-order valence-electron chi connectivity index (χ2n) is 3.25. The van der Waals surface area contributed by atoms with E-state index in [1.54, 1.807) is 7.11 Å². The lowest BCUT2D eigenvalue weighted by molar-refractivity contribution is 0.0982. The molecule has 2 aromatic rings. The van der Waals surface area contributed by atoms with Crippen LogP contribution >= 0.6 is 0 Å². The molecule has 0 amide bonds. The van der Waals surface area contributed by atoms with Gasteiger partial charge in [0.25, 0.3) is 0 Å². The van der Waals surface area contributed by atoms with Gasteiger partial charge in [0.15, 0.2) is 5.82 Å². The number of H-pyrrole nitrogens is 1. The number of Topliss-reactive ketones (excluding diaryl/α,β-unsaturated/α-hetero) is 1. The zero-order chi connectivity index (χ0) is 11.4. The number of ketones is 1. The van der Waals surface area contributed by atoms with Gasteiger partial charge >= 0.3 is 0 Å². The van der Waals surface area contributed by atoms with E-state index in [0.29, 0.717) is 5.75 Å². The standard InChI is InChI=1S/C11H11N3O2/c1-16-10-5-3-2-4-8(10)6-9(15)11-12-7-13-14-11/h2-5,7H,6H2,1H3,(H,12,13,14). The lowest BCUT2D eigenvalue weighted by atomic mass is 10.1. The van der Waals surface area contributed by atoms with Crippen molar-refractivity contribution in [1.29, 1.82) is 0 Å². The molecule has 0 spiro atoms. The first-order chi connectivity index (χ1) is 7.81. The van der Waals surface area contributed by atoms with Crippen molar-refractivity contribution in [2.45, 2.75) is 6.42 Å². The number of para-hydroxylation sites is 1. The second kappa shape index (κ2) is 4.57. The van der Waals surface area contributed by atoms with Crippen LogP contribution in [0.4, 0.5) is 0 Å². The molecule has 0 aliphatic carbocycles. The number of aromatic nitrogens is 3. The maximum atomic E-state index is 11.8. The van der Waals surface area contributed by atoms with Gasteiger partial charge in [-0.3, -0.25) is 9.89 Å². The maximum Gasteiger partial charge on any atom is 0.204 e. The largest absolute Gasteiger partial charge is 0.496 e. The monoisotopic (exact) mass is 217 g/mol. The van der Waals surface area contributed by atoms with Gasteiger partial charge in [-0.05, 0) is 6.07 Å². The van der Waals surface area contributed by atoms with Crippen LogP contribution in [0.5, 0.6) is 5.75 Å². The van der Waals surface area contributed by atoms with Crippen molar-refractivity contribution in [3.05, 3.63) is 42.0 Å². The van der Waals surface area contributed by atoms with Gasteiger partial charge in [-0.2, -0.15) is 5.10 Å². The lowest BCUT2D eigenvalue weighted by Crippen LogP contribution is -2.06. The summed E-state index contributed by atoms with van der Waals surface area (Å²) >= 11 is 0. The Balaban J connectivity index is 2.18. The van der Waals surface area contributed by atoms with Crippen molar-refractivity contribution in [2.24, 2.45) is 0 Å². The number of hydrogen-bond acceptors (Lipinski definition) is 4. The Bertz CT molecular complexity index is 480. The lowest BCUT2D eigenvalue weighted by Gasteiger charge is -2.05. The first-order valence-corrected chi connectivity index (χ1v) is 4.81. The van der Waals surface area contributed by atoms with Gasteiger partial charge in [0.2, 0.25) is 5.78 Å². The van der Waals surface area contributed by atoms with Crippen molar-refractivity contribution >= 4 is 5.78 Å². The molecular formula is C11H11N3O2. The van der Waals surface area contributed by atoms with E-state index in [1.807, 2.05) is 24.3 Å². The number of carbonyl (C=O) groups is 1. The summed E-state index contributed by atoms with van der Waals surface area (Å²) in [5.74, 6) is 0.864. The Morgan fingerprint density at radius 2 is 2.25 bits per heavy atom. The average Bonchev–Trinajstić information content (AvgIpc) is 2.83. The van der Waals surface area contributed by atoms with Crippen molar-refractivity contribution < 1.29 is 9.53 Å². The zero-order valence-electron chi connectivity index (χ0n) is 8.80. The molecule has 0 unspecified atom stereocenters. The van der Waals surface area contributed by atoms with Crippen molar-refractivity contribution in [2.75, 3.05) is 7.11 Å². The van der Waals surface area contributed by atoms with E-state index in [0.717, 1.165) is 5.56 Å². The number of benzene rings is 1. The van der Waals surface area contributed by atoms with Gasteiger partial charge < -0.3 is 4.74 Å². The smallest absolute Gasteiger partial charge is 0.204 e. The van der Waals surface area contributed by atoms with Crippen LogP contribution in [0.25, 0.3) is 0 Å². The molecule has 16 heavy (non-hydrogen) atoms. The number of hydrogen-bond donors (Lipinski definition) is 1. The third-order valence-corrected chi connectivity index (χ3v) is 2.22. The molecule has 82 valence electrons. The Kier molecular flexibility index (Phi) is 2.95. The fraction of sp³-hybridized carbons (Fsp3) is 0.182. The SMILES string of the molecule is COc1ccccc1CC(=O)c1ncn[nH]1. The number of ether oxygens (including phenoxy) is 1. The fourth-order valence-electron chi connectivity index (χ4n) is 1.45. The normalized spacial score (nSPS) is 10.1. The molecule has 1 aromatic carbocycles. The van der Waals surface area contributed by atoms with Gasteiger partial charge in [0, 0.05) is 12.0 Å². The Morgan fingerprint density at radius 3 is 2.94 bits per heavy atom. The molecule has 0 fully saturated rings. The van der Waals surface area contributed by atoms with Crippen molar-refractivity contribution in [3.8, 4) is 5.75 Å². The van der Waals surface area contributed by atoms with Crippen molar-refractivity contribution in [1.82, 2.24) is 15.2 Å². The van der Waals surface area contributed by atoms with Gasteiger partial charge in [-0.15, -0.1) is 0 Å². The number of methoxy groups -OCH3 is 1. The minimum atomic E-state index is -0.109. The summed E-state index contributed by atoms with van der Waals surface area (Å²) < 4.78 is 5.17. The van der Waals surface area contributed by atoms with Crippen LogP contribution in [0.1, 0.15) is 16.2 Å². The van der Waals surface area contributed by atoms with E-state index >= 15 is 0 Å². The Morgan fingerprint density at radius 1 is 1.44 bits per heavy atom. The summed E-state index contributed by atoms with van der Waals surface area (Å²) in [5.41, 5.74) is 0.839. The highest BCUT2D eigenvalue weighted by Gasteiger charge is 2.12. The molecule has 5 nitrogen and oxygen atoms in total. The predicted octanol–water partition coefficient (Wildman–Crippen LogP) is 1.24. The van der Waals surface area contributed by atoms with Crippen molar-refractivity contribution in [3.63, 3.8) is 0 Å². The maximum absolute atomic E-state index is 11.8. The first-order valence-electron chi connectivity index (χ1n) is 4.81. The van der Waals surface area contributed by atoms with E-state index in [1.165, 1.54) is 6.33 Å². The number of rotatable bonds is 4. The number of carbonyl (C=O) groups excluding carboxylic acids is 1. The minimum absolute atomic E-state index is 0.109. The molecule has 0 aliphatic heterocycles. The fourth-order valence-corrected chi connectivity index (χ4v) is 1.45. The average molecular weight is 217 g/mol. The van der Waals surface area contributed by atoms with Crippen LogP contribution < -0.4 is 4.74 Å². The summed E-state index contributed by atoms with van der Waals surface area (Å²) in [4.78, 5) is 15.6. The molecule has 0 atom stereocenters. The predicted molar refractivity (Wildman–Crippen MR) is 57.4 cm³/mol. The topological polar surface area (TPSA) is 67.9 Å². The molecule has 5 heteroatoms. The third kappa shape index (κ3) is 2.08. The minimum Gasteiger partial charge on any atom is -0.496 e. The Hall–Kier alpha value is -2.17. The molecule has 1 aromatic heterocycles. The number of nitrogens with zero attached hydrogens (tertiary/aromatic N) is 2. The Labute approximate surface area is 92.5 Å². The molecule has 0 saturated heterocycles. The van der Waals surface area contributed by atoms with E-state index in [4.69, 9.17) is 4.74 Å². The van der Waals surface area contributed by atoms with Crippen LogP contribution in [-0.2, 0) is 6.42 Å². The third-order valence-electron chi connectivity index (χ3n) is 2.22. The summed E-state index contributed by atoms with van der Waals surface area (Å²) in [5, 5.41) is 6.18. The quantitative estimate of drug-likeness (QED) is 0.782. The highest BCUT2D eigenvalue weighted by molar-refractivity contribution is 5.94. The summed E-state index contributed by atoms with van der Waals surface area (Å²) in [6, 6.07) is 7.41. The van der Waals surface area contributed by atoms with Crippen LogP contribution in [0, 0.1) is 0 Å². The zero-order valence-corrected chi connectivity index (χ0v) is 8.80. The molecular weight excluding hydrogens is 206 g/mol. The van der Waals surface area contributed by atoms with Crippen LogP contribution in [0.15, 0.2) is 30.6 Å². The summed E-state index contributed by atoms with van der Waals surface area (Å²) in [6.45, 7) is 0. The second-order valence-corrected chi connectivity index (χ2v) is 3.25. The van der Waals surface area contributed by atoms with E-state index < -0.39 is 0 Å². The molecule has 0 bridgehead atoms. The van der Waals surface area contributed by atoms with Gasteiger partial charge in [0.1, 0.15) is 12.1 Å². The molecule has 1 heterocycles. The molecule has 0 saturated carbocycles. The van der Waals surface area contributed by atoms with Crippen LogP contribution in [-0.4, -0.2) is 28.1 Å². The molecule has 1 N–H and O–H groups in total. The first kappa shape index (κ1) is 10.4. The highest BCUT2D eigenvalue weighted by Crippen LogP contribution is 2.18. The van der Waals surface area contributed by atoms with Gasteiger partial charge in [-0.1, -0.05) is 18.2 Å².